The zero-order valence-corrected chi connectivity index (χ0v) is 9.81. The van der Waals surface area contributed by atoms with Crippen molar-refractivity contribution in [2.24, 2.45) is 5.73 Å². The zero-order chi connectivity index (χ0) is 12.4. The lowest BCUT2D eigenvalue weighted by Crippen LogP contribution is -2.10. The summed E-state index contributed by atoms with van der Waals surface area (Å²) < 4.78 is 5.20. The van der Waals surface area contributed by atoms with Crippen molar-refractivity contribution in [1.29, 1.82) is 5.41 Å². The first kappa shape index (κ1) is 13.7. The second-order valence-electron chi connectivity index (χ2n) is 3.25. The van der Waals surface area contributed by atoms with Crippen molar-refractivity contribution in [2.75, 3.05) is 0 Å². The van der Waals surface area contributed by atoms with Gasteiger partial charge in [-0.2, -0.15) is 0 Å². The molecule has 0 aliphatic heterocycles. The van der Waals surface area contributed by atoms with Crippen LogP contribution in [0.2, 0.25) is 0 Å². The number of benzene rings is 1. The molecule has 1 aromatic carbocycles. The molecule has 0 aliphatic carbocycles. The van der Waals surface area contributed by atoms with Gasteiger partial charge in [0.15, 0.2) is 11.6 Å². The maximum absolute atomic E-state index is 10.5. The van der Waals surface area contributed by atoms with Gasteiger partial charge in [-0.1, -0.05) is 0 Å². The Morgan fingerprint density at radius 2 is 2.00 bits per heavy atom. The molecule has 2 aromatic rings. The Bertz CT molecular complexity index is 579. The summed E-state index contributed by atoms with van der Waals surface area (Å²) in [7, 11) is 0. The lowest BCUT2D eigenvalue weighted by molar-refractivity contribution is -0.384. The minimum absolute atomic E-state index is 0. The summed E-state index contributed by atoms with van der Waals surface area (Å²) in [6.45, 7) is 0. The van der Waals surface area contributed by atoms with E-state index in [1.54, 1.807) is 12.1 Å². The molecular formula is C10H9ClN4O3. The van der Waals surface area contributed by atoms with Crippen molar-refractivity contribution >= 4 is 23.9 Å². The fourth-order valence-electron chi connectivity index (χ4n) is 1.28. The quantitative estimate of drug-likeness (QED) is 0.382. The predicted molar refractivity (Wildman–Crippen MR) is 66.9 cm³/mol. The first-order chi connectivity index (χ1) is 8.08. The third-order valence-electron chi connectivity index (χ3n) is 2.10. The number of amidine groups is 1. The Morgan fingerprint density at radius 1 is 1.39 bits per heavy atom. The second kappa shape index (κ2) is 5.28. The molecule has 94 valence electrons. The van der Waals surface area contributed by atoms with Crippen LogP contribution < -0.4 is 5.73 Å². The zero-order valence-electron chi connectivity index (χ0n) is 8.99. The van der Waals surface area contributed by atoms with Crippen LogP contribution in [0.1, 0.15) is 5.89 Å². The smallest absolute Gasteiger partial charge is 0.269 e. The van der Waals surface area contributed by atoms with E-state index in [9.17, 15) is 10.1 Å². The Hall–Kier alpha value is -2.41. The largest absolute Gasteiger partial charge is 0.434 e. The summed E-state index contributed by atoms with van der Waals surface area (Å²) in [4.78, 5) is 13.8. The molecule has 0 amide bonds. The lowest BCUT2D eigenvalue weighted by atomic mass is 10.2. The molecule has 0 aliphatic rings. The van der Waals surface area contributed by atoms with Gasteiger partial charge in [-0.3, -0.25) is 15.5 Å². The molecule has 0 saturated heterocycles. The number of halogens is 1. The minimum Gasteiger partial charge on any atom is -0.434 e. The van der Waals surface area contributed by atoms with Crippen LogP contribution >= 0.6 is 12.4 Å². The molecule has 0 bridgehead atoms. The number of nitrogens with zero attached hydrogens (tertiary/aromatic N) is 2. The van der Waals surface area contributed by atoms with Gasteiger partial charge in [-0.05, 0) is 12.1 Å². The van der Waals surface area contributed by atoms with Crippen LogP contribution in [0.3, 0.4) is 0 Å². The van der Waals surface area contributed by atoms with Crippen LogP contribution in [0.5, 0.6) is 0 Å². The Kier molecular flexibility index (Phi) is 4.01. The molecule has 0 radical (unpaired) electrons. The standard InChI is InChI=1S/C10H8N4O3.ClH/c11-9(12)10-13-5-8(17-10)6-1-3-7(4-2-6)14(15)16;/h1-5H,(H3,11,12);1H. The van der Waals surface area contributed by atoms with Crippen molar-refractivity contribution in [3.05, 3.63) is 46.5 Å². The molecule has 18 heavy (non-hydrogen) atoms. The molecule has 1 heterocycles. The molecule has 0 spiro atoms. The van der Waals surface area contributed by atoms with Gasteiger partial charge in [0.2, 0.25) is 0 Å². The van der Waals surface area contributed by atoms with Gasteiger partial charge in [0.1, 0.15) is 0 Å². The number of nitro groups is 1. The van der Waals surface area contributed by atoms with Crippen LogP contribution in [-0.2, 0) is 0 Å². The van der Waals surface area contributed by atoms with E-state index in [1.165, 1.54) is 18.3 Å². The molecule has 3 N–H and O–H groups in total. The van der Waals surface area contributed by atoms with E-state index < -0.39 is 4.92 Å². The van der Waals surface area contributed by atoms with Crippen molar-refractivity contribution in [3.63, 3.8) is 0 Å². The number of nitrogen functional groups attached to an aromatic ring is 1. The topological polar surface area (TPSA) is 119 Å². The summed E-state index contributed by atoms with van der Waals surface area (Å²) in [5, 5.41) is 17.6. The molecule has 2 rings (SSSR count). The summed E-state index contributed by atoms with van der Waals surface area (Å²) in [5.41, 5.74) is 5.84. The van der Waals surface area contributed by atoms with Crippen LogP contribution in [0.25, 0.3) is 11.3 Å². The van der Waals surface area contributed by atoms with Gasteiger partial charge >= 0.3 is 0 Å². The summed E-state index contributed by atoms with van der Waals surface area (Å²) in [5.74, 6) is 0.168. The molecule has 0 saturated carbocycles. The van der Waals surface area contributed by atoms with Crippen LogP contribution in [-0.4, -0.2) is 15.7 Å². The normalized spacial score (nSPS) is 9.56. The fraction of sp³-hybridized carbons (Fsp3) is 0. The molecule has 7 nitrogen and oxygen atoms in total. The lowest BCUT2D eigenvalue weighted by Gasteiger charge is -1.95. The number of aromatic nitrogens is 1. The maximum atomic E-state index is 10.5. The van der Waals surface area contributed by atoms with Crippen LogP contribution in [0, 0.1) is 15.5 Å². The van der Waals surface area contributed by atoms with Crippen molar-refractivity contribution in [2.45, 2.75) is 0 Å². The third kappa shape index (κ3) is 2.64. The van der Waals surface area contributed by atoms with E-state index in [0.717, 1.165) is 0 Å². The molecule has 1 aromatic heterocycles. The average molecular weight is 269 g/mol. The number of nitrogens with one attached hydrogen (secondary N) is 1. The fourth-order valence-corrected chi connectivity index (χ4v) is 1.28. The van der Waals surface area contributed by atoms with Crippen molar-refractivity contribution < 1.29 is 9.34 Å². The van der Waals surface area contributed by atoms with E-state index in [1.807, 2.05) is 0 Å². The monoisotopic (exact) mass is 268 g/mol. The number of hydrogen-bond donors (Lipinski definition) is 2. The van der Waals surface area contributed by atoms with E-state index >= 15 is 0 Å². The number of non-ortho nitro benzene ring substituents is 1. The van der Waals surface area contributed by atoms with Crippen LogP contribution in [0.4, 0.5) is 5.69 Å². The highest BCUT2D eigenvalue weighted by molar-refractivity contribution is 5.90. The predicted octanol–water partition coefficient (Wildman–Crippen LogP) is 1.96. The minimum atomic E-state index is -0.481. The maximum Gasteiger partial charge on any atom is 0.269 e. The van der Waals surface area contributed by atoms with Gasteiger partial charge in [-0.25, -0.2) is 4.98 Å². The molecule has 0 atom stereocenters. The summed E-state index contributed by atoms with van der Waals surface area (Å²) in [6, 6.07) is 5.82. The van der Waals surface area contributed by atoms with Gasteiger partial charge in [0.05, 0.1) is 11.1 Å². The summed E-state index contributed by atoms with van der Waals surface area (Å²) >= 11 is 0. The van der Waals surface area contributed by atoms with Gasteiger partial charge in [0.25, 0.3) is 11.6 Å². The van der Waals surface area contributed by atoms with Crippen LogP contribution in [0.15, 0.2) is 34.9 Å². The van der Waals surface area contributed by atoms with Gasteiger partial charge < -0.3 is 10.2 Å². The van der Waals surface area contributed by atoms with Gasteiger partial charge in [-0.15, -0.1) is 12.4 Å². The number of hydrogen-bond acceptors (Lipinski definition) is 5. The highest BCUT2D eigenvalue weighted by Gasteiger charge is 2.10. The number of rotatable bonds is 3. The van der Waals surface area contributed by atoms with Crippen molar-refractivity contribution in [1.82, 2.24) is 4.98 Å². The highest BCUT2D eigenvalue weighted by atomic mass is 35.5. The van der Waals surface area contributed by atoms with Gasteiger partial charge in [0, 0.05) is 17.7 Å². The Labute approximate surface area is 108 Å². The number of nitro benzene ring substituents is 1. The van der Waals surface area contributed by atoms with E-state index in [-0.39, 0.29) is 29.8 Å². The molecular weight excluding hydrogens is 260 g/mol. The van der Waals surface area contributed by atoms with E-state index in [4.69, 9.17) is 15.6 Å². The first-order valence-electron chi connectivity index (χ1n) is 4.63. The number of oxazole rings is 1. The number of nitrogens with two attached hydrogens (primary N) is 1. The summed E-state index contributed by atoms with van der Waals surface area (Å²) in [6.07, 6.45) is 1.41. The highest BCUT2D eigenvalue weighted by Crippen LogP contribution is 2.22. The average Bonchev–Trinajstić information content (AvgIpc) is 2.78. The Balaban J connectivity index is 0.00000162. The molecule has 0 fully saturated rings. The first-order valence-corrected chi connectivity index (χ1v) is 4.63. The molecule has 0 unspecified atom stereocenters. The van der Waals surface area contributed by atoms with Crippen molar-refractivity contribution in [3.8, 4) is 11.3 Å². The molecule has 8 heteroatoms. The second-order valence-corrected chi connectivity index (χ2v) is 3.25. The SMILES string of the molecule is Cl.N=C(N)c1ncc(-c2ccc([N+](=O)[O-])cc2)o1. The third-order valence-corrected chi connectivity index (χ3v) is 2.10. The van der Waals surface area contributed by atoms with E-state index in [2.05, 4.69) is 4.98 Å². The van der Waals surface area contributed by atoms with E-state index in [0.29, 0.717) is 11.3 Å². The Morgan fingerprint density at radius 3 is 2.44 bits per heavy atom.